The summed E-state index contributed by atoms with van der Waals surface area (Å²) in [5, 5.41) is 4.93. The lowest BCUT2D eigenvalue weighted by Gasteiger charge is -2.16. The second kappa shape index (κ2) is 7.52. The summed E-state index contributed by atoms with van der Waals surface area (Å²) in [4.78, 5) is 29.1. The summed E-state index contributed by atoms with van der Waals surface area (Å²) in [7, 11) is 0. The third-order valence-electron chi connectivity index (χ3n) is 4.50. The lowest BCUT2D eigenvalue weighted by Crippen LogP contribution is -2.32. The minimum absolute atomic E-state index is 0.307. The Bertz CT molecular complexity index is 1170. The number of aromatic nitrogens is 1. The van der Waals surface area contributed by atoms with Crippen LogP contribution in [-0.4, -0.2) is 23.0 Å². The summed E-state index contributed by atoms with van der Waals surface area (Å²) >= 11 is 0. The molecule has 6 heteroatoms. The number of oxazole rings is 1. The van der Waals surface area contributed by atoms with Crippen LogP contribution in [0.1, 0.15) is 23.7 Å². The van der Waals surface area contributed by atoms with Gasteiger partial charge in [0.05, 0.1) is 5.56 Å². The zero-order chi connectivity index (χ0) is 19.5. The fraction of sp³-hybridized carbons (Fsp3) is 0.136. The Labute approximate surface area is 161 Å². The third kappa shape index (κ3) is 3.57. The fourth-order valence-electron chi connectivity index (χ4n) is 2.99. The highest BCUT2D eigenvalue weighted by Crippen LogP contribution is 2.20. The normalized spacial score (nSPS) is 12.0. The van der Waals surface area contributed by atoms with Gasteiger partial charge in [0.25, 0.3) is 5.91 Å². The van der Waals surface area contributed by atoms with Crippen molar-refractivity contribution in [2.45, 2.75) is 19.4 Å². The second-order valence-electron chi connectivity index (χ2n) is 6.39. The minimum atomic E-state index is -0.899. The van der Waals surface area contributed by atoms with E-state index in [0.717, 1.165) is 10.8 Å². The summed E-state index contributed by atoms with van der Waals surface area (Å²) in [6.45, 7) is 1.79. The van der Waals surface area contributed by atoms with Crippen molar-refractivity contribution in [3.63, 3.8) is 0 Å². The van der Waals surface area contributed by atoms with E-state index in [2.05, 4.69) is 10.3 Å². The molecule has 0 saturated carbocycles. The highest BCUT2D eigenvalue weighted by Gasteiger charge is 2.22. The Morgan fingerprint density at radius 3 is 2.71 bits per heavy atom. The molecule has 6 nitrogen and oxygen atoms in total. The van der Waals surface area contributed by atoms with Crippen molar-refractivity contribution in [1.82, 2.24) is 4.98 Å². The number of nitrogens with one attached hydrogen (secondary N) is 1. The monoisotopic (exact) mass is 374 g/mol. The first-order valence-electron chi connectivity index (χ1n) is 8.98. The average molecular weight is 374 g/mol. The van der Waals surface area contributed by atoms with Gasteiger partial charge in [0, 0.05) is 5.69 Å². The van der Waals surface area contributed by atoms with Crippen molar-refractivity contribution in [3.8, 4) is 0 Å². The van der Waals surface area contributed by atoms with E-state index >= 15 is 0 Å². The van der Waals surface area contributed by atoms with Gasteiger partial charge in [0.1, 0.15) is 5.52 Å². The van der Waals surface area contributed by atoms with Gasteiger partial charge < -0.3 is 14.5 Å². The van der Waals surface area contributed by atoms with Crippen LogP contribution >= 0.6 is 0 Å². The van der Waals surface area contributed by atoms with E-state index in [-0.39, 0.29) is 5.91 Å². The fourth-order valence-corrected chi connectivity index (χ4v) is 2.99. The standard InChI is InChI=1S/C22H18N2O4/c1-2-19(28-22(26)16-8-10-18-20(12-16)27-13-23-18)21(25)24-17-9-7-14-5-3-4-6-15(14)11-17/h3-13,19H,2H2,1H3,(H,24,25). The van der Waals surface area contributed by atoms with E-state index in [9.17, 15) is 9.59 Å². The summed E-state index contributed by atoms with van der Waals surface area (Å²) in [5.74, 6) is -0.953. The molecule has 1 atom stereocenters. The molecule has 1 amide bonds. The Morgan fingerprint density at radius 1 is 1.07 bits per heavy atom. The Balaban J connectivity index is 1.47. The van der Waals surface area contributed by atoms with Crippen LogP contribution < -0.4 is 5.32 Å². The molecule has 0 radical (unpaired) electrons. The predicted molar refractivity (Wildman–Crippen MR) is 106 cm³/mol. The number of esters is 1. The maximum Gasteiger partial charge on any atom is 0.339 e. The molecule has 0 bridgehead atoms. The van der Waals surface area contributed by atoms with Crippen molar-refractivity contribution < 1.29 is 18.7 Å². The van der Waals surface area contributed by atoms with Gasteiger partial charge in [-0.05, 0) is 47.5 Å². The number of fused-ring (bicyclic) bond motifs is 2. The minimum Gasteiger partial charge on any atom is -0.449 e. The van der Waals surface area contributed by atoms with Gasteiger partial charge in [0.15, 0.2) is 18.1 Å². The number of hydrogen-bond donors (Lipinski definition) is 1. The van der Waals surface area contributed by atoms with Crippen LogP contribution in [0.25, 0.3) is 21.9 Å². The van der Waals surface area contributed by atoms with Crippen molar-refractivity contribution >= 4 is 39.4 Å². The number of amides is 1. The molecule has 28 heavy (non-hydrogen) atoms. The van der Waals surface area contributed by atoms with Gasteiger partial charge in [-0.3, -0.25) is 4.79 Å². The molecule has 0 saturated heterocycles. The molecule has 3 aromatic carbocycles. The van der Waals surface area contributed by atoms with Crippen molar-refractivity contribution in [2.75, 3.05) is 5.32 Å². The smallest absolute Gasteiger partial charge is 0.339 e. The molecular weight excluding hydrogens is 356 g/mol. The van der Waals surface area contributed by atoms with Crippen LogP contribution in [0, 0.1) is 0 Å². The van der Waals surface area contributed by atoms with Crippen molar-refractivity contribution in [3.05, 3.63) is 72.6 Å². The molecule has 4 rings (SSSR count). The van der Waals surface area contributed by atoms with E-state index in [4.69, 9.17) is 9.15 Å². The summed E-state index contributed by atoms with van der Waals surface area (Å²) in [6, 6.07) is 18.4. The van der Waals surface area contributed by atoms with E-state index in [0.29, 0.717) is 28.8 Å². The number of carbonyl (C=O) groups excluding carboxylic acids is 2. The number of nitrogens with zero attached hydrogens (tertiary/aromatic N) is 1. The van der Waals surface area contributed by atoms with Crippen LogP contribution in [-0.2, 0) is 9.53 Å². The molecule has 1 aromatic heterocycles. The van der Waals surface area contributed by atoms with Gasteiger partial charge in [-0.15, -0.1) is 0 Å². The largest absolute Gasteiger partial charge is 0.449 e. The highest BCUT2D eigenvalue weighted by atomic mass is 16.5. The molecule has 0 aliphatic rings. The first kappa shape index (κ1) is 17.7. The molecule has 1 N–H and O–H groups in total. The van der Waals surface area contributed by atoms with E-state index < -0.39 is 12.1 Å². The Morgan fingerprint density at radius 2 is 1.89 bits per heavy atom. The lowest BCUT2D eigenvalue weighted by atomic mass is 10.1. The predicted octanol–water partition coefficient (Wildman–Crippen LogP) is 4.56. The maximum atomic E-state index is 12.6. The number of hydrogen-bond acceptors (Lipinski definition) is 5. The van der Waals surface area contributed by atoms with E-state index in [1.807, 2.05) is 42.5 Å². The summed E-state index contributed by atoms with van der Waals surface area (Å²) in [5.41, 5.74) is 2.10. The lowest BCUT2D eigenvalue weighted by molar-refractivity contribution is -0.124. The van der Waals surface area contributed by atoms with Crippen molar-refractivity contribution in [2.24, 2.45) is 0 Å². The number of anilines is 1. The summed E-state index contributed by atoms with van der Waals surface area (Å²) in [6.07, 6.45) is 0.769. The molecular formula is C22H18N2O4. The zero-order valence-electron chi connectivity index (χ0n) is 15.2. The molecule has 1 heterocycles. The van der Waals surface area contributed by atoms with Crippen LogP contribution in [0.3, 0.4) is 0 Å². The Kier molecular flexibility index (Phi) is 4.76. The Hall–Kier alpha value is -3.67. The van der Waals surface area contributed by atoms with Crippen LogP contribution in [0.2, 0.25) is 0 Å². The molecule has 0 fully saturated rings. The summed E-state index contributed by atoms with van der Waals surface area (Å²) < 4.78 is 10.6. The first-order chi connectivity index (χ1) is 13.6. The quantitative estimate of drug-likeness (QED) is 0.518. The molecule has 0 aliphatic carbocycles. The van der Waals surface area contributed by atoms with E-state index in [1.54, 1.807) is 25.1 Å². The molecule has 0 spiro atoms. The first-order valence-corrected chi connectivity index (χ1v) is 8.98. The van der Waals surface area contributed by atoms with Gasteiger partial charge in [-0.2, -0.15) is 0 Å². The molecule has 4 aromatic rings. The van der Waals surface area contributed by atoms with Gasteiger partial charge in [0.2, 0.25) is 0 Å². The van der Waals surface area contributed by atoms with Crippen LogP contribution in [0.4, 0.5) is 5.69 Å². The third-order valence-corrected chi connectivity index (χ3v) is 4.50. The maximum absolute atomic E-state index is 12.6. The van der Waals surface area contributed by atoms with Gasteiger partial charge in [-0.25, -0.2) is 9.78 Å². The molecule has 0 aliphatic heterocycles. The number of carbonyl (C=O) groups is 2. The number of ether oxygens (including phenoxy) is 1. The second-order valence-corrected chi connectivity index (χ2v) is 6.39. The SMILES string of the molecule is CCC(OC(=O)c1ccc2ncoc2c1)C(=O)Nc1ccc2ccccc2c1. The zero-order valence-corrected chi connectivity index (χ0v) is 15.2. The highest BCUT2D eigenvalue weighted by molar-refractivity contribution is 5.99. The van der Waals surface area contributed by atoms with Gasteiger partial charge >= 0.3 is 5.97 Å². The van der Waals surface area contributed by atoms with Crippen LogP contribution in [0.5, 0.6) is 0 Å². The molecule has 140 valence electrons. The average Bonchev–Trinajstić information content (AvgIpc) is 3.19. The van der Waals surface area contributed by atoms with E-state index in [1.165, 1.54) is 6.39 Å². The number of rotatable bonds is 5. The molecule has 1 unspecified atom stereocenters. The van der Waals surface area contributed by atoms with Gasteiger partial charge in [-0.1, -0.05) is 37.3 Å². The van der Waals surface area contributed by atoms with Crippen LogP contribution in [0.15, 0.2) is 71.5 Å². The number of benzene rings is 3. The topological polar surface area (TPSA) is 81.4 Å². The van der Waals surface area contributed by atoms with Crippen molar-refractivity contribution in [1.29, 1.82) is 0 Å².